The highest BCUT2D eigenvalue weighted by atomic mass is 35.5. The molecule has 1 aromatic heterocycles. The van der Waals surface area contributed by atoms with Crippen LogP contribution in [0.5, 0.6) is 0 Å². The van der Waals surface area contributed by atoms with Crippen LogP contribution in [0.15, 0.2) is 12.1 Å². The number of carbonyl (C=O) groups excluding carboxylic acids is 1. The van der Waals surface area contributed by atoms with Crippen LogP contribution in [0.25, 0.3) is 0 Å². The third-order valence-corrected chi connectivity index (χ3v) is 5.31. The van der Waals surface area contributed by atoms with Crippen molar-refractivity contribution >= 4 is 41.3 Å². The van der Waals surface area contributed by atoms with Crippen LogP contribution in [0.2, 0.25) is 4.34 Å². The van der Waals surface area contributed by atoms with Crippen LogP contribution in [-0.2, 0) is 4.79 Å². The van der Waals surface area contributed by atoms with Gasteiger partial charge in [-0.2, -0.15) is 0 Å². The summed E-state index contributed by atoms with van der Waals surface area (Å²) in [6.07, 6.45) is 4.04. The molecule has 3 N–H and O–H groups in total. The second kappa shape index (κ2) is 8.23. The summed E-state index contributed by atoms with van der Waals surface area (Å²) in [7, 11) is 0. The molecule has 20 heavy (non-hydrogen) atoms. The molecule has 1 saturated carbocycles. The average molecular weight is 337 g/mol. The molecule has 3 nitrogen and oxygen atoms in total. The van der Waals surface area contributed by atoms with E-state index in [2.05, 4.69) is 12.2 Å². The Morgan fingerprint density at radius 1 is 1.55 bits per heavy atom. The van der Waals surface area contributed by atoms with E-state index in [0.717, 1.165) is 34.9 Å². The lowest BCUT2D eigenvalue weighted by Crippen LogP contribution is -2.36. The van der Waals surface area contributed by atoms with Crippen LogP contribution in [0.3, 0.4) is 0 Å². The van der Waals surface area contributed by atoms with E-state index in [9.17, 15) is 4.79 Å². The Morgan fingerprint density at radius 2 is 2.30 bits per heavy atom. The summed E-state index contributed by atoms with van der Waals surface area (Å²) in [5, 5.41) is 3.16. The summed E-state index contributed by atoms with van der Waals surface area (Å²) >= 11 is 7.50. The molecule has 1 aliphatic carbocycles. The summed E-state index contributed by atoms with van der Waals surface area (Å²) < 4.78 is 0.767. The van der Waals surface area contributed by atoms with Crippen LogP contribution in [0.4, 0.5) is 0 Å². The molecule has 3 atom stereocenters. The number of rotatable bonds is 5. The van der Waals surface area contributed by atoms with E-state index in [1.165, 1.54) is 11.3 Å². The lowest BCUT2D eigenvalue weighted by molar-refractivity contribution is -0.126. The largest absolute Gasteiger partial charge is 0.348 e. The molecule has 1 fully saturated rings. The molecule has 1 aliphatic rings. The number of carbonyl (C=O) groups is 1. The maximum absolute atomic E-state index is 12.4. The van der Waals surface area contributed by atoms with E-state index in [-0.39, 0.29) is 30.3 Å². The van der Waals surface area contributed by atoms with Gasteiger partial charge in [0.1, 0.15) is 0 Å². The van der Waals surface area contributed by atoms with Gasteiger partial charge in [0.15, 0.2) is 0 Å². The van der Waals surface area contributed by atoms with Crippen LogP contribution < -0.4 is 11.1 Å². The first-order valence-electron chi connectivity index (χ1n) is 6.91. The van der Waals surface area contributed by atoms with Gasteiger partial charge in [-0.1, -0.05) is 24.9 Å². The van der Waals surface area contributed by atoms with Gasteiger partial charge in [-0.25, -0.2) is 0 Å². The maximum Gasteiger partial charge on any atom is 0.223 e. The monoisotopic (exact) mass is 336 g/mol. The van der Waals surface area contributed by atoms with Gasteiger partial charge in [0.05, 0.1) is 10.4 Å². The van der Waals surface area contributed by atoms with E-state index in [1.807, 2.05) is 12.1 Å². The first-order chi connectivity index (χ1) is 9.15. The van der Waals surface area contributed by atoms with E-state index >= 15 is 0 Å². The Kier molecular flexibility index (Phi) is 7.30. The molecule has 2 rings (SSSR count). The first kappa shape index (κ1) is 17.8. The molecule has 0 aromatic carbocycles. The Bertz CT molecular complexity index is 439. The smallest absolute Gasteiger partial charge is 0.223 e. The quantitative estimate of drug-likeness (QED) is 0.859. The molecule has 1 unspecified atom stereocenters. The Balaban J connectivity index is 0.00000200. The maximum atomic E-state index is 12.4. The molecule has 1 heterocycles. The minimum Gasteiger partial charge on any atom is -0.348 e. The summed E-state index contributed by atoms with van der Waals surface area (Å²) in [4.78, 5) is 13.5. The third kappa shape index (κ3) is 4.10. The van der Waals surface area contributed by atoms with Crippen molar-refractivity contribution in [3.8, 4) is 0 Å². The Hall–Kier alpha value is -0.290. The average Bonchev–Trinajstić information content (AvgIpc) is 3.03. The van der Waals surface area contributed by atoms with Crippen LogP contribution in [0.1, 0.15) is 43.5 Å². The highest BCUT2D eigenvalue weighted by Crippen LogP contribution is 2.33. The zero-order valence-electron chi connectivity index (χ0n) is 11.6. The number of thiophene rings is 1. The zero-order chi connectivity index (χ0) is 13.8. The van der Waals surface area contributed by atoms with Gasteiger partial charge in [0, 0.05) is 10.8 Å². The molecule has 0 saturated heterocycles. The van der Waals surface area contributed by atoms with Crippen LogP contribution in [0, 0.1) is 11.8 Å². The van der Waals surface area contributed by atoms with E-state index in [1.54, 1.807) is 0 Å². The standard InChI is InChI=1S/C14H21ClN2OS.ClH/c1-2-11(12-6-7-13(15)19-12)17-14(18)10-5-3-4-9(10)8-16;/h6-7,9-11H,2-5,8,16H2,1H3,(H,17,18);1H/t9-,10-,11?;/m1./s1. The Morgan fingerprint density at radius 3 is 2.85 bits per heavy atom. The minimum absolute atomic E-state index is 0. The van der Waals surface area contributed by atoms with Crippen molar-refractivity contribution < 1.29 is 4.79 Å². The fraction of sp³-hybridized carbons (Fsp3) is 0.643. The van der Waals surface area contributed by atoms with Crippen molar-refractivity contribution in [2.24, 2.45) is 17.6 Å². The number of halogens is 2. The van der Waals surface area contributed by atoms with Crippen LogP contribution in [-0.4, -0.2) is 12.5 Å². The second-order valence-electron chi connectivity index (χ2n) is 5.14. The summed E-state index contributed by atoms with van der Waals surface area (Å²) in [6.45, 7) is 2.69. The normalized spacial score (nSPS) is 23.1. The predicted molar refractivity (Wildman–Crippen MR) is 87.6 cm³/mol. The predicted octanol–water partition coefficient (Wildman–Crippen LogP) is 3.77. The van der Waals surface area contributed by atoms with Crippen LogP contribution >= 0.6 is 35.3 Å². The van der Waals surface area contributed by atoms with Crippen molar-refractivity contribution in [2.45, 2.75) is 38.6 Å². The van der Waals surface area contributed by atoms with Gasteiger partial charge >= 0.3 is 0 Å². The van der Waals surface area contributed by atoms with Crippen molar-refractivity contribution in [1.29, 1.82) is 0 Å². The highest BCUT2D eigenvalue weighted by Gasteiger charge is 2.32. The molecular formula is C14H22Cl2N2OS. The lowest BCUT2D eigenvalue weighted by atomic mass is 9.95. The molecule has 0 aliphatic heterocycles. The topological polar surface area (TPSA) is 55.1 Å². The van der Waals surface area contributed by atoms with E-state index in [0.29, 0.717) is 12.5 Å². The number of amides is 1. The summed E-state index contributed by atoms with van der Waals surface area (Å²) in [5.41, 5.74) is 5.74. The van der Waals surface area contributed by atoms with Crippen molar-refractivity contribution in [3.63, 3.8) is 0 Å². The molecule has 1 aromatic rings. The lowest BCUT2D eigenvalue weighted by Gasteiger charge is -2.21. The molecular weight excluding hydrogens is 315 g/mol. The number of hydrogen-bond donors (Lipinski definition) is 2. The van der Waals surface area contributed by atoms with Gasteiger partial charge in [0.25, 0.3) is 0 Å². The van der Waals surface area contributed by atoms with Crippen molar-refractivity contribution in [2.75, 3.05) is 6.54 Å². The first-order valence-corrected chi connectivity index (χ1v) is 8.10. The minimum atomic E-state index is 0. The number of nitrogens with two attached hydrogens (primary N) is 1. The second-order valence-corrected chi connectivity index (χ2v) is 6.89. The fourth-order valence-electron chi connectivity index (χ4n) is 2.83. The van der Waals surface area contributed by atoms with Gasteiger partial charge in [-0.3, -0.25) is 4.79 Å². The van der Waals surface area contributed by atoms with E-state index < -0.39 is 0 Å². The number of nitrogens with one attached hydrogen (secondary N) is 1. The van der Waals surface area contributed by atoms with Gasteiger partial charge in [0.2, 0.25) is 5.91 Å². The highest BCUT2D eigenvalue weighted by molar-refractivity contribution is 7.16. The van der Waals surface area contributed by atoms with Gasteiger partial charge in [-0.05, 0) is 43.9 Å². The van der Waals surface area contributed by atoms with Crippen molar-refractivity contribution in [1.82, 2.24) is 5.32 Å². The molecule has 1 amide bonds. The third-order valence-electron chi connectivity index (χ3n) is 3.96. The molecule has 0 bridgehead atoms. The molecule has 0 spiro atoms. The number of hydrogen-bond acceptors (Lipinski definition) is 3. The fourth-order valence-corrected chi connectivity index (χ4v) is 4.03. The molecule has 0 radical (unpaired) electrons. The van der Waals surface area contributed by atoms with Gasteiger partial charge < -0.3 is 11.1 Å². The van der Waals surface area contributed by atoms with Gasteiger partial charge in [-0.15, -0.1) is 23.7 Å². The summed E-state index contributed by atoms with van der Waals surface area (Å²) in [5.74, 6) is 0.600. The van der Waals surface area contributed by atoms with E-state index in [4.69, 9.17) is 17.3 Å². The Labute approximate surface area is 135 Å². The molecule has 114 valence electrons. The zero-order valence-corrected chi connectivity index (χ0v) is 14.0. The molecule has 6 heteroatoms. The SMILES string of the molecule is CCC(NC(=O)[C@@H]1CCC[C@@H]1CN)c1ccc(Cl)s1.Cl. The van der Waals surface area contributed by atoms with Crippen molar-refractivity contribution in [3.05, 3.63) is 21.3 Å². The summed E-state index contributed by atoms with van der Waals surface area (Å²) in [6, 6.07) is 3.95.